The highest BCUT2D eigenvalue weighted by Gasteiger charge is 2.26. The number of carbonyl (C=O) groups excluding carboxylic acids is 1. The zero-order chi connectivity index (χ0) is 16.2. The van der Waals surface area contributed by atoms with Gasteiger partial charge in [-0.15, -0.1) is 0 Å². The summed E-state index contributed by atoms with van der Waals surface area (Å²) in [6.45, 7) is 5.00. The minimum Gasteiger partial charge on any atom is -0.472 e. The fraction of sp³-hybridized carbons (Fsp3) is 0.412. The normalized spacial score (nSPS) is 17.8. The fourth-order valence-electron chi connectivity index (χ4n) is 2.77. The van der Waals surface area contributed by atoms with Crippen molar-refractivity contribution in [1.29, 1.82) is 0 Å². The van der Waals surface area contributed by atoms with Crippen LogP contribution >= 0.6 is 0 Å². The van der Waals surface area contributed by atoms with E-state index in [9.17, 15) is 4.79 Å². The van der Waals surface area contributed by atoms with E-state index < -0.39 is 0 Å². The third-order valence-corrected chi connectivity index (χ3v) is 3.94. The van der Waals surface area contributed by atoms with Crippen molar-refractivity contribution in [2.24, 2.45) is 0 Å². The van der Waals surface area contributed by atoms with Crippen LogP contribution in [0.15, 0.2) is 30.6 Å². The molecule has 1 fully saturated rings. The summed E-state index contributed by atoms with van der Waals surface area (Å²) in [6.07, 6.45) is 5.17. The lowest BCUT2D eigenvalue weighted by molar-refractivity contribution is 0.0526. The van der Waals surface area contributed by atoms with E-state index in [1.54, 1.807) is 24.5 Å². The maximum absolute atomic E-state index is 12.7. The molecule has 0 bridgehead atoms. The first kappa shape index (κ1) is 15.4. The highest BCUT2D eigenvalue weighted by molar-refractivity contribution is 5.95. The molecule has 23 heavy (non-hydrogen) atoms. The van der Waals surface area contributed by atoms with E-state index in [4.69, 9.17) is 4.74 Å². The maximum Gasteiger partial charge on any atom is 0.255 e. The summed E-state index contributed by atoms with van der Waals surface area (Å²) in [7, 11) is 0. The van der Waals surface area contributed by atoms with Crippen LogP contribution in [0, 0.1) is 13.8 Å². The smallest absolute Gasteiger partial charge is 0.255 e. The average Bonchev–Trinajstić information content (AvgIpc) is 2.55. The number of aromatic nitrogens is 3. The third-order valence-electron chi connectivity index (χ3n) is 3.94. The van der Waals surface area contributed by atoms with Gasteiger partial charge in [-0.05, 0) is 38.8 Å². The number of hydrogen-bond donors (Lipinski definition) is 0. The number of aryl methyl sites for hydroxylation is 2. The van der Waals surface area contributed by atoms with Gasteiger partial charge in [0.15, 0.2) is 0 Å². The summed E-state index contributed by atoms with van der Waals surface area (Å²) in [5.41, 5.74) is 1.41. The summed E-state index contributed by atoms with van der Waals surface area (Å²) < 4.78 is 5.92. The molecule has 0 saturated carbocycles. The van der Waals surface area contributed by atoms with E-state index in [1.807, 2.05) is 24.8 Å². The molecule has 1 saturated heterocycles. The van der Waals surface area contributed by atoms with E-state index in [-0.39, 0.29) is 12.0 Å². The second-order valence-electron chi connectivity index (χ2n) is 5.71. The van der Waals surface area contributed by atoms with Crippen molar-refractivity contribution in [3.63, 3.8) is 0 Å². The third kappa shape index (κ3) is 3.64. The van der Waals surface area contributed by atoms with Crippen molar-refractivity contribution < 1.29 is 9.53 Å². The second kappa shape index (κ2) is 6.73. The van der Waals surface area contributed by atoms with Gasteiger partial charge in [-0.2, -0.15) is 4.98 Å². The van der Waals surface area contributed by atoms with Gasteiger partial charge in [0.05, 0.1) is 12.1 Å². The molecule has 6 nitrogen and oxygen atoms in total. The van der Waals surface area contributed by atoms with Crippen LogP contribution in [0.2, 0.25) is 0 Å². The summed E-state index contributed by atoms with van der Waals surface area (Å²) in [4.78, 5) is 27.0. The van der Waals surface area contributed by atoms with E-state index in [2.05, 4.69) is 15.0 Å². The van der Waals surface area contributed by atoms with Gasteiger partial charge in [0.1, 0.15) is 11.9 Å². The van der Waals surface area contributed by atoms with Crippen LogP contribution < -0.4 is 4.74 Å². The molecular formula is C17H20N4O2. The first-order valence-electron chi connectivity index (χ1n) is 7.80. The first-order chi connectivity index (χ1) is 11.1. The Kier molecular flexibility index (Phi) is 4.50. The van der Waals surface area contributed by atoms with Gasteiger partial charge in [0.25, 0.3) is 5.91 Å². The molecule has 0 aliphatic carbocycles. The van der Waals surface area contributed by atoms with Crippen LogP contribution in [0.25, 0.3) is 0 Å². The molecule has 3 rings (SSSR count). The number of rotatable bonds is 3. The minimum absolute atomic E-state index is 0.0165. The number of hydrogen-bond acceptors (Lipinski definition) is 5. The van der Waals surface area contributed by atoms with Crippen LogP contribution in [0.1, 0.15) is 34.7 Å². The van der Waals surface area contributed by atoms with Gasteiger partial charge < -0.3 is 9.64 Å². The fourth-order valence-corrected chi connectivity index (χ4v) is 2.77. The highest BCUT2D eigenvalue weighted by atomic mass is 16.5. The molecule has 1 aliphatic rings. The van der Waals surface area contributed by atoms with E-state index >= 15 is 0 Å². The Morgan fingerprint density at radius 3 is 2.91 bits per heavy atom. The van der Waals surface area contributed by atoms with Gasteiger partial charge in [-0.1, -0.05) is 0 Å². The van der Waals surface area contributed by atoms with E-state index in [0.717, 1.165) is 25.1 Å². The van der Waals surface area contributed by atoms with Crippen molar-refractivity contribution in [3.8, 4) is 5.88 Å². The van der Waals surface area contributed by atoms with Gasteiger partial charge >= 0.3 is 0 Å². The zero-order valence-electron chi connectivity index (χ0n) is 13.4. The van der Waals surface area contributed by atoms with Crippen LogP contribution in [-0.2, 0) is 0 Å². The molecule has 3 heterocycles. The summed E-state index contributed by atoms with van der Waals surface area (Å²) in [5, 5.41) is 0. The standard InChI is InChI=1S/C17H20N4O2/c1-12-15(6-3-8-18-12)17(22)21-10-4-5-14(11-21)23-16-7-9-19-13(2)20-16/h3,6-9,14H,4-5,10-11H2,1-2H3. The molecular weight excluding hydrogens is 292 g/mol. The molecule has 1 aliphatic heterocycles. The van der Waals surface area contributed by atoms with Crippen LogP contribution in [0.4, 0.5) is 0 Å². The number of pyridine rings is 1. The second-order valence-corrected chi connectivity index (χ2v) is 5.71. The number of nitrogens with zero attached hydrogens (tertiary/aromatic N) is 4. The number of carbonyl (C=O) groups is 1. The van der Waals surface area contributed by atoms with Crippen molar-refractivity contribution in [1.82, 2.24) is 19.9 Å². The number of likely N-dealkylation sites (tertiary alicyclic amines) is 1. The predicted octanol–water partition coefficient (Wildman–Crippen LogP) is 2.17. The van der Waals surface area contributed by atoms with E-state index in [0.29, 0.717) is 23.8 Å². The number of piperidine rings is 1. The van der Waals surface area contributed by atoms with Gasteiger partial charge in [0, 0.05) is 30.7 Å². The lowest BCUT2D eigenvalue weighted by Crippen LogP contribution is -2.44. The molecule has 1 atom stereocenters. The zero-order valence-corrected chi connectivity index (χ0v) is 13.4. The Labute approximate surface area is 135 Å². The van der Waals surface area contributed by atoms with Crippen molar-refractivity contribution in [2.45, 2.75) is 32.8 Å². The topological polar surface area (TPSA) is 68.2 Å². The largest absolute Gasteiger partial charge is 0.472 e. The minimum atomic E-state index is -0.0426. The number of ether oxygens (including phenoxy) is 1. The van der Waals surface area contributed by atoms with Crippen LogP contribution in [0.5, 0.6) is 5.88 Å². The van der Waals surface area contributed by atoms with Crippen molar-refractivity contribution in [2.75, 3.05) is 13.1 Å². The SMILES string of the molecule is Cc1nccc(OC2CCCN(C(=O)c3cccnc3C)C2)n1. The van der Waals surface area contributed by atoms with Crippen LogP contribution in [-0.4, -0.2) is 45.0 Å². The summed E-state index contributed by atoms with van der Waals surface area (Å²) in [5.74, 6) is 1.26. The molecule has 0 spiro atoms. The molecule has 1 amide bonds. The molecule has 0 aromatic carbocycles. The molecule has 2 aromatic heterocycles. The highest BCUT2D eigenvalue weighted by Crippen LogP contribution is 2.19. The Bertz CT molecular complexity index is 704. The summed E-state index contributed by atoms with van der Waals surface area (Å²) >= 11 is 0. The summed E-state index contributed by atoms with van der Waals surface area (Å²) in [6, 6.07) is 5.36. The molecule has 1 unspecified atom stereocenters. The Morgan fingerprint density at radius 1 is 1.26 bits per heavy atom. The van der Waals surface area contributed by atoms with Gasteiger partial charge in [-0.25, -0.2) is 4.98 Å². The Balaban J connectivity index is 1.68. The predicted molar refractivity (Wildman–Crippen MR) is 85.3 cm³/mol. The molecule has 6 heteroatoms. The van der Waals surface area contributed by atoms with E-state index in [1.165, 1.54) is 0 Å². The van der Waals surface area contributed by atoms with Gasteiger partial charge in [0.2, 0.25) is 5.88 Å². The monoisotopic (exact) mass is 312 g/mol. The average molecular weight is 312 g/mol. The van der Waals surface area contributed by atoms with Crippen LogP contribution in [0.3, 0.4) is 0 Å². The maximum atomic E-state index is 12.7. The molecule has 120 valence electrons. The lowest BCUT2D eigenvalue weighted by atomic mass is 10.1. The first-order valence-corrected chi connectivity index (χ1v) is 7.80. The Morgan fingerprint density at radius 2 is 2.13 bits per heavy atom. The quantitative estimate of drug-likeness (QED) is 0.869. The molecule has 0 radical (unpaired) electrons. The molecule has 0 N–H and O–H groups in total. The van der Waals surface area contributed by atoms with Crippen molar-refractivity contribution >= 4 is 5.91 Å². The van der Waals surface area contributed by atoms with Crippen molar-refractivity contribution in [3.05, 3.63) is 47.7 Å². The number of amides is 1. The lowest BCUT2D eigenvalue weighted by Gasteiger charge is -2.32. The molecule has 2 aromatic rings. The van der Waals surface area contributed by atoms with Gasteiger partial charge in [-0.3, -0.25) is 9.78 Å². The Hall–Kier alpha value is -2.50.